The molecule has 3 aromatic rings. The van der Waals surface area contributed by atoms with Crippen molar-refractivity contribution < 1.29 is 24.0 Å². The fourth-order valence-electron chi connectivity index (χ4n) is 5.66. The predicted octanol–water partition coefficient (Wildman–Crippen LogP) is 4.54. The van der Waals surface area contributed by atoms with E-state index >= 15 is 0 Å². The van der Waals surface area contributed by atoms with Crippen molar-refractivity contribution in [1.82, 2.24) is 0 Å². The summed E-state index contributed by atoms with van der Waals surface area (Å²) in [5.41, 5.74) is 0.115. The van der Waals surface area contributed by atoms with E-state index in [9.17, 15) is 25.0 Å². The summed E-state index contributed by atoms with van der Waals surface area (Å²) in [6.45, 7) is 0. The molecule has 2 aliphatic rings. The molecule has 0 bridgehead atoms. The Bertz CT molecular complexity index is 1510. The molecule has 0 unspecified atom stereocenters. The van der Waals surface area contributed by atoms with Crippen LogP contribution in [0.1, 0.15) is 27.4 Å². The summed E-state index contributed by atoms with van der Waals surface area (Å²) in [4.78, 5) is 40.6. The fraction of sp³-hybridized carbons (Fsp3) is 0.207. The van der Waals surface area contributed by atoms with Gasteiger partial charge in [-0.15, -0.1) is 0 Å². The van der Waals surface area contributed by atoms with Crippen LogP contribution in [0.25, 0.3) is 6.08 Å². The second-order valence-electron chi connectivity index (χ2n) is 9.11. The maximum atomic E-state index is 14.3. The minimum absolute atomic E-state index is 0.104. The van der Waals surface area contributed by atoms with Gasteiger partial charge in [0, 0.05) is 29.3 Å². The molecule has 1 saturated heterocycles. The summed E-state index contributed by atoms with van der Waals surface area (Å²) in [5.74, 6) is -1.63. The molecule has 1 fully saturated rings. The predicted molar refractivity (Wildman–Crippen MR) is 139 cm³/mol. The van der Waals surface area contributed by atoms with Gasteiger partial charge >= 0.3 is 5.97 Å². The van der Waals surface area contributed by atoms with E-state index in [0.29, 0.717) is 17.0 Å². The summed E-state index contributed by atoms with van der Waals surface area (Å²) in [5, 5.41) is 22.2. The van der Waals surface area contributed by atoms with Crippen LogP contribution in [0.4, 0.5) is 11.4 Å². The molecule has 0 saturated carbocycles. The zero-order chi connectivity index (χ0) is 27.0. The highest BCUT2D eigenvalue weighted by molar-refractivity contribution is 6.06. The molecule has 2 aliphatic heterocycles. The maximum absolute atomic E-state index is 14.3. The second kappa shape index (κ2) is 9.48. The number of nitriles is 1. The molecule has 0 aliphatic carbocycles. The molecule has 0 spiro atoms. The minimum atomic E-state index is -1.80. The number of para-hydroxylation sites is 1. The van der Waals surface area contributed by atoms with Crippen LogP contribution in [0.3, 0.4) is 0 Å². The van der Waals surface area contributed by atoms with Crippen molar-refractivity contribution in [3.05, 3.63) is 106 Å². The third-order valence-corrected chi connectivity index (χ3v) is 7.34. The maximum Gasteiger partial charge on any atom is 0.329 e. The van der Waals surface area contributed by atoms with Gasteiger partial charge in [-0.05, 0) is 29.3 Å². The van der Waals surface area contributed by atoms with Crippen LogP contribution in [-0.4, -0.2) is 43.0 Å². The number of benzene rings is 3. The lowest BCUT2D eigenvalue weighted by Gasteiger charge is -2.36. The number of esters is 1. The van der Waals surface area contributed by atoms with Gasteiger partial charge in [-0.1, -0.05) is 54.6 Å². The van der Waals surface area contributed by atoms with E-state index in [2.05, 4.69) is 6.07 Å². The number of Topliss-reactive ketones (excluding diaryl/α,β-unsaturated/α-hetero) is 1. The quantitative estimate of drug-likeness (QED) is 0.205. The van der Waals surface area contributed by atoms with Gasteiger partial charge in [0.25, 0.3) is 5.69 Å². The zero-order valence-electron chi connectivity index (χ0n) is 20.6. The lowest BCUT2D eigenvalue weighted by Crippen LogP contribution is -2.46. The van der Waals surface area contributed by atoms with Crippen molar-refractivity contribution in [2.75, 3.05) is 19.1 Å². The highest BCUT2D eigenvalue weighted by atomic mass is 16.6. The van der Waals surface area contributed by atoms with Crippen molar-refractivity contribution >= 4 is 29.2 Å². The van der Waals surface area contributed by atoms with Gasteiger partial charge in [-0.2, -0.15) is 5.26 Å². The molecule has 190 valence electrons. The number of carbonyl (C=O) groups excluding carboxylic acids is 2. The number of ketones is 1. The van der Waals surface area contributed by atoms with E-state index < -0.39 is 40.1 Å². The number of non-ortho nitro benzene ring substituents is 1. The third kappa shape index (κ3) is 3.61. The number of nitrogens with zero attached hydrogens (tertiary/aromatic N) is 3. The molecule has 0 radical (unpaired) electrons. The molecular formula is C29H23N3O6. The van der Waals surface area contributed by atoms with Gasteiger partial charge in [0.05, 0.1) is 31.3 Å². The fourth-order valence-corrected chi connectivity index (χ4v) is 5.66. The summed E-state index contributed by atoms with van der Waals surface area (Å²) in [7, 11) is 2.74. The highest BCUT2D eigenvalue weighted by Gasteiger charge is 2.67. The highest BCUT2D eigenvalue weighted by Crippen LogP contribution is 2.56. The van der Waals surface area contributed by atoms with Gasteiger partial charge in [0.15, 0.2) is 11.2 Å². The Morgan fingerprint density at radius 3 is 2.45 bits per heavy atom. The molecule has 2 heterocycles. The smallest absolute Gasteiger partial charge is 0.329 e. The number of carbonyl (C=O) groups is 2. The SMILES string of the molecule is COC(=O)[C@]1(C#N)[C@H](c2ccc(OC)cc2)[C@H](C(=O)c2cccc([N+](=O)[O-])c2)N2c3ccccc3C=C[C@@H]21. The lowest BCUT2D eigenvalue weighted by atomic mass is 9.68. The molecule has 38 heavy (non-hydrogen) atoms. The average Bonchev–Trinajstić information content (AvgIpc) is 3.28. The van der Waals surface area contributed by atoms with Gasteiger partial charge in [-0.3, -0.25) is 19.7 Å². The van der Waals surface area contributed by atoms with E-state index in [0.717, 1.165) is 5.56 Å². The van der Waals surface area contributed by atoms with E-state index in [-0.39, 0.29) is 11.3 Å². The Kier molecular flexibility index (Phi) is 6.17. The van der Waals surface area contributed by atoms with Gasteiger partial charge in [0.1, 0.15) is 11.8 Å². The molecular weight excluding hydrogens is 486 g/mol. The summed E-state index contributed by atoms with van der Waals surface area (Å²) in [6.07, 6.45) is 3.58. The summed E-state index contributed by atoms with van der Waals surface area (Å²) in [6, 6.07) is 20.1. The Labute approximate surface area is 218 Å². The number of nitro benzene ring substituents is 1. The molecule has 0 amide bonds. The van der Waals surface area contributed by atoms with Crippen LogP contribution in [0.2, 0.25) is 0 Å². The average molecular weight is 510 g/mol. The first-order valence-corrected chi connectivity index (χ1v) is 11.8. The molecule has 0 N–H and O–H groups in total. The van der Waals surface area contributed by atoms with Crippen LogP contribution in [-0.2, 0) is 9.53 Å². The topological polar surface area (TPSA) is 123 Å². The monoisotopic (exact) mass is 509 g/mol. The standard InChI is InChI=1S/C29H23N3O6/c1-37-22-13-10-19(11-14-22)25-26(27(33)20-7-5-8-21(16-20)32(35)36)31-23-9-4-3-6-18(23)12-15-24(31)29(25,17-30)28(34)38-2/h3-16,24-26H,1-2H3/t24-,25-,26-,29+/m1/s1. The lowest BCUT2D eigenvalue weighted by molar-refractivity contribution is -0.384. The summed E-state index contributed by atoms with van der Waals surface area (Å²) < 4.78 is 10.5. The number of anilines is 1. The first-order valence-electron chi connectivity index (χ1n) is 11.8. The molecule has 9 nitrogen and oxygen atoms in total. The van der Waals surface area contributed by atoms with Crippen LogP contribution in [0.15, 0.2) is 78.9 Å². The Morgan fingerprint density at radius 2 is 1.79 bits per heavy atom. The van der Waals surface area contributed by atoms with Gasteiger partial charge in [-0.25, -0.2) is 0 Å². The van der Waals surface area contributed by atoms with Crippen molar-refractivity contribution in [2.45, 2.75) is 18.0 Å². The number of rotatable bonds is 6. The molecule has 3 aromatic carbocycles. The molecule has 0 aromatic heterocycles. The second-order valence-corrected chi connectivity index (χ2v) is 9.11. The molecule has 4 atom stereocenters. The first kappa shape index (κ1) is 24.7. The Hall–Kier alpha value is -4.97. The number of methoxy groups -OCH3 is 2. The van der Waals surface area contributed by atoms with Crippen LogP contribution in [0.5, 0.6) is 5.75 Å². The number of hydrogen-bond acceptors (Lipinski definition) is 8. The van der Waals surface area contributed by atoms with E-state index in [1.807, 2.05) is 30.3 Å². The molecule has 9 heteroatoms. The number of hydrogen-bond donors (Lipinski definition) is 0. The number of nitro groups is 1. The Morgan fingerprint density at radius 1 is 1.05 bits per heavy atom. The zero-order valence-corrected chi connectivity index (χ0v) is 20.6. The first-order chi connectivity index (χ1) is 18.4. The van der Waals surface area contributed by atoms with Crippen molar-refractivity contribution in [3.8, 4) is 11.8 Å². The third-order valence-electron chi connectivity index (χ3n) is 7.34. The van der Waals surface area contributed by atoms with Gasteiger partial charge < -0.3 is 14.4 Å². The minimum Gasteiger partial charge on any atom is -0.497 e. The van der Waals surface area contributed by atoms with Crippen molar-refractivity contribution in [1.29, 1.82) is 5.26 Å². The normalized spacial score (nSPS) is 23.1. The largest absolute Gasteiger partial charge is 0.497 e. The van der Waals surface area contributed by atoms with Crippen molar-refractivity contribution in [2.24, 2.45) is 5.41 Å². The van der Waals surface area contributed by atoms with Gasteiger partial charge in [0.2, 0.25) is 0 Å². The number of ether oxygens (including phenoxy) is 2. The molecule has 5 rings (SSSR count). The van der Waals surface area contributed by atoms with Crippen LogP contribution >= 0.6 is 0 Å². The van der Waals surface area contributed by atoms with E-state index in [1.54, 1.807) is 35.2 Å². The van der Waals surface area contributed by atoms with E-state index in [1.165, 1.54) is 38.5 Å². The Balaban J connectivity index is 1.80. The van der Waals surface area contributed by atoms with Crippen LogP contribution < -0.4 is 9.64 Å². The summed E-state index contributed by atoms with van der Waals surface area (Å²) >= 11 is 0. The number of fused-ring (bicyclic) bond motifs is 3. The van der Waals surface area contributed by atoms with Crippen molar-refractivity contribution in [3.63, 3.8) is 0 Å². The van der Waals surface area contributed by atoms with E-state index in [4.69, 9.17) is 9.47 Å². The van der Waals surface area contributed by atoms with Crippen LogP contribution in [0, 0.1) is 26.9 Å².